The smallest absolute Gasteiger partial charge is 0.225 e. The quantitative estimate of drug-likeness (QED) is 0.900. The van der Waals surface area contributed by atoms with Crippen LogP contribution in [0.4, 0.5) is 5.69 Å². The highest BCUT2D eigenvalue weighted by atomic mass is 16.2. The molecule has 1 aromatic carbocycles. The number of hydrogen-bond acceptors (Lipinski definition) is 3. The third-order valence-electron chi connectivity index (χ3n) is 6.98. The molecule has 2 N–H and O–H groups in total. The molecule has 4 nitrogen and oxygen atoms in total. The number of rotatable bonds is 4. The van der Waals surface area contributed by atoms with E-state index < -0.39 is 0 Å². The Hall–Kier alpha value is -1.55. The minimum atomic E-state index is 0.175. The summed E-state index contributed by atoms with van der Waals surface area (Å²) in [6.07, 6.45) is 8.25. The minimum Gasteiger partial charge on any atom is -0.371 e. The first-order valence-corrected chi connectivity index (χ1v) is 10.5. The van der Waals surface area contributed by atoms with Crippen molar-refractivity contribution in [3.63, 3.8) is 0 Å². The predicted molar refractivity (Wildman–Crippen MR) is 106 cm³/mol. The number of amides is 1. The number of carbonyl (C=O) groups excluding carboxylic acids is 1. The highest BCUT2D eigenvalue weighted by molar-refractivity contribution is 5.79. The molecule has 1 amide bonds. The number of hydrogen-bond donors (Lipinski definition) is 1. The molecule has 1 aliphatic heterocycles. The lowest BCUT2D eigenvalue weighted by Gasteiger charge is -2.44. The maximum absolute atomic E-state index is 13.1. The monoisotopic (exact) mass is 355 g/mol. The number of benzene rings is 1. The van der Waals surface area contributed by atoms with Crippen LogP contribution in [0.25, 0.3) is 0 Å². The third-order valence-corrected chi connectivity index (χ3v) is 6.98. The van der Waals surface area contributed by atoms with Gasteiger partial charge in [0.2, 0.25) is 5.91 Å². The van der Waals surface area contributed by atoms with Crippen LogP contribution in [0, 0.1) is 17.8 Å². The van der Waals surface area contributed by atoms with Crippen molar-refractivity contribution >= 4 is 11.6 Å². The maximum atomic E-state index is 13.1. The molecule has 2 unspecified atom stereocenters. The molecule has 3 fully saturated rings. The summed E-state index contributed by atoms with van der Waals surface area (Å²) in [4.78, 5) is 17.6. The normalized spacial score (nSPS) is 31.1. The molecule has 2 bridgehead atoms. The van der Waals surface area contributed by atoms with E-state index in [4.69, 9.17) is 5.73 Å². The van der Waals surface area contributed by atoms with E-state index in [1.807, 2.05) is 11.9 Å². The molecule has 4 rings (SSSR count). The minimum absolute atomic E-state index is 0.175. The summed E-state index contributed by atoms with van der Waals surface area (Å²) in [7, 11) is 1.98. The molecule has 2 atom stereocenters. The summed E-state index contributed by atoms with van der Waals surface area (Å²) in [6.45, 7) is 2.99. The number of para-hydroxylation sites is 1. The van der Waals surface area contributed by atoms with Gasteiger partial charge < -0.3 is 15.5 Å². The van der Waals surface area contributed by atoms with Gasteiger partial charge in [-0.15, -0.1) is 0 Å². The fraction of sp³-hybridized carbons (Fsp3) is 0.682. The summed E-state index contributed by atoms with van der Waals surface area (Å²) in [6, 6.07) is 8.93. The zero-order chi connectivity index (χ0) is 18.1. The second kappa shape index (κ2) is 7.59. The van der Waals surface area contributed by atoms with Crippen molar-refractivity contribution in [3.8, 4) is 0 Å². The highest BCUT2D eigenvalue weighted by Gasteiger charge is 2.41. The van der Waals surface area contributed by atoms with Gasteiger partial charge in [-0.3, -0.25) is 4.79 Å². The number of carbonyl (C=O) groups is 1. The Balaban J connectivity index is 1.44. The van der Waals surface area contributed by atoms with Crippen molar-refractivity contribution in [3.05, 3.63) is 29.8 Å². The van der Waals surface area contributed by atoms with Crippen LogP contribution in [-0.4, -0.2) is 37.0 Å². The Labute approximate surface area is 157 Å². The van der Waals surface area contributed by atoms with Gasteiger partial charge in [-0.1, -0.05) is 24.6 Å². The van der Waals surface area contributed by atoms with Gasteiger partial charge in [0.1, 0.15) is 0 Å². The zero-order valence-corrected chi connectivity index (χ0v) is 16.1. The highest BCUT2D eigenvalue weighted by Crippen LogP contribution is 2.42. The van der Waals surface area contributed by atoms with Crippen LogP contribution in [0.5, 0.6) is 0 Å². The van der Waals surface area contributed by atoms with Gasteiger partial charge in [0.25, 0.3) is 0 Å². The first kappa shape index (κ1) is 17.8. The number of anilines is 1. The van der Waals surface area contributed by atoms with Gasteiger partial charge >= 0.3 is 0 Å². The molecule has 1 aromatic rings. The maximum Gasteiger partial charge on any atom is 0.225 e. The van der Waals surface area contributed by atoms with E-state index in [1.54, 1.807) is 0 Å². The molecule has 1 heterocycles. The number of nitrogens with two attached hydrogens (primary N) is 1. The molecule has 0 aromatic heterocycles. The van der Waals surface area contributed by atoms with Crippen LogP contribution < -0.4 is 10.6 Å². The first-order valence-electron chi connectivity index (χ1n) is 10.5. The van der Waals surface area contributed by atoms with Crippen molar-refractivity contribution < 1.29 is 4.79 Å². The standard InChI is InChI=1S/C22H33N3O/c1-24(15-18-7-2-3-10-20(18)25-11-4-5-12-25)22(26)19-13-16-8-6-9-17(14-19)21(16)23/h2-3,7,10,16-17,19,21H,4-6,8-9,11-15,23H2,1H3. The molecule has 142 valence electrons. The molecule has 1 saturated heterocycles. The van der Waals surface area contributed by atoms with E-state index in [-0.39, 0.29) is 5.92 Å². The molecule has 4 heteroatoms. The second-order valence-corrected chi connectivity index (χ2v) is 8.71. The van der Waals surface area contributed by atoms with Gasteiger partial charge in [0.05, 0.1) is 0 Å². The summed E-state index contributed by atoms with van der Waals surface area (Å²) in [5.74, 6) is 1.61. The number of nitrogens with zero attached hydrogens (tertiary/aromatic N) is 2. The van der Waals surface area contributed by atoms with E-state index in [0.29, 0.717) is 30.3 Å². The van der Waals surface area contributed by atoms with E-state index in [0.717, 1.165) is 25.9 Å². The van der Waals surface area contributed by atoms with E-state index in [2.05, 4.69) is 29.2 Å². The van der Waals surface area contributed by atoms with Crippen LogP contribution in [-0.2, 0) is 11.3 Å². The van der Waals surface area contributed by atoms with Gasteiger partial charge in [-0.25, -0.2) is 0 Å². The van der Waals surface area contributed by atoms with E-state index >= 15 is 0 Å². The summed E-state index contributed by atoms with van der Waals surface area (Å²) < 4.78 is 0. The van der Waals surface area contributed by atoms with Gasteiger partial charge in [0.15, 0.2) is 0 Å². The lowest BCUT2D eigenvalue weighted by Crippen LogP contribution is -2.49. The Kier molecular flexibility index (Phi) is 5.21. The average molecular weight is 356 g/mol. The lowest BCUT2D eigenvalue weighted by molar-refractivity contribution is -0.137. The summed E-state index contributed by atoms with van der Waals surface area (Å²) >= 11 is 0. The van der Waals surface area contributed by atoms with Crippen LogP contribution in [0.1, 0.15) is 50.5 Å². The molecule has 0 radical (unpaired) electrons. The zero-order valence-electron chi connectivity index (χ0n) is 16.1. The van der Waals surface area contributed by atoms with Crippen molar-refractivity contribution in [2.24, 2.45) is 23.5 Å². The molecular weight excluding hydrogens is 322 g/mol. The van der Waals surface area contributed by atoms with E-state index in [1.165, 1.54) is 43.4 Å². The molecule has 0 spiro atoms. The lowest BCUT2D eigenvalue weighted by atomic mass is 9.65. The van der Waals surface area contributed by atoms with Gasteiger partial charge in [-0.05, 0) is 62.0 Å². The topological polar surface area (TPSA) is 49.6 Å². The van der Waals surface area contributed by atoms with Crippen molar-refractivity contribution in [2.45, 2.75) is 57.5 Å². The van der Waals surface area contributed by atoms with Gasteiger partial charge in [0, 0.05) is 44.3 Å². The van der Waals surface area contributed by atoms with Crippen LogP contribution in [0.15, 0.2) is 24.3 Å². The Morgan fingerprint density at radius 1 is 1.12 bits per heavy atom. The van der Waals surface area contributed by atoms with Crippen LogP contribution >= 0.6 is 0 Å². The van der Waals surface area contributed by atoms with Crippen LogP contribution in [0.2, 0.25) is 0 Å². The Morgan fingerprint density at radius 2 is 1.77 bits per heavy atom. The van der Waals surface area contributed by atoms with Crippen molar-refractivity contribution in [1.82, 2.24) is 4.90 Å². The molecule has 26 heavy (non-hydrogen) atoms. The molecule has 2 saturated carbocycles. The predicted octanol–water partition coefficient (Wildman–Crippen LogP) is 3.40. The average Bonchev–Trinajstić information content (AvgIpc) is 3.16. The van der Waals surface area contributed by atoms with Crippen molar-refractivity contribution in [1.29, 1.82) is 0 Å². The third kappa shape index (κ3) is 3.48. The van der Waals surface area contributed by atoms with Gasteiger partial charge in [-0.2, -0.15) is 0 Å². The van der Waals surface area contributed by atoms with E-state index in [9.17, 15) is 4.79 Å². The molecular formula is C22H33N3O. The fourth-order valence-corrected chi connectivity index (χ4v) is 5.55. The molecule has 2 aliphatic carbocycles. The SMILES string of the molecule is CN(Cc1ccccc1N1CCCC1)C(=O)C1CC2CCCC(C1)C2N. The number of fused-ring (bicyclic) bond motifs is 2. The first-order chi connectivity index (χ1) is 12.6. The Morgan fingerprint density at radius 3 is 2.46 bits per heavy atom. The summed E-state index contributed by atoms with van der Waals surface area (Å²) in [5, 5.41) is 0. The Bertz CT molecular complexity index is 626. The summed E-state index contributed by atoms with van der Waals surface area (Å²) in [5.41, 5.74) is 8.99. The van der Waals surface area contributed by atoms with Crippen LogP contribution in [0.3, 0.4) is 0 Å². The largest absolute Gasteiger partial charge is 0.371 e. The molecule has 3 aliphatic rings. The fourth-order valence-electron chi connectivity index (χ4n) is 5.55. The second-order valence-electron chi connectivity index (χ2n) is 8.71. The van der Waals surface area contributed by atoms with Crippen molar-refractivity contribution in [2.75, 3.05) is 25.0 Å².